The standard InChI is InChI=1S/C15H20ClNO3/c1-2-3-4-13(15(19)20)17-14(18)10-7-11-5-8-12(16)9-6-11/h5-6,8-9,13H,2-4,7,10H2,1H3,(H,17,18)(H,19,20)/t13-/m0/s1. The molecule has 0 fully saturated rings. The number of rotatable bonds is 8. The number of aliphatic carboxylic acids is 1. The van der Waals surface area contributed by atoms with Gasteiger partial charge in [0.05, 0.1) is 0 Å². The number of carboxylic acid groups (broad SMARTS) is 1. The van der Waals surface area contributed by atoms with Gasteiger partial charge >= 0.3 is 5.97 Å². The van der Waals surface area contributed by atoms with Crippen molar-refractivity contribution in [3.63, 3.8) is 0 Å². The minimum atomic E-state index is -0.974. The number of carbonyl (C=O) groups is 2. The number of halogens is 1. The molecular formula is C15H20ClNO3. The van der Waals surface area contributed by atoms with Crippen LogP contribution in [0, 0.1) is 0 Å². The van der Waals surface area contributed by atoms with Gasteiger partial charge in [-0.1, -0.05) is 43.5 Å². The Bertz CT molecular complexity index is 445. The molecule has 2 N–H and O–H groups in total. The van der Waals surface area contributed by atoms with Crippen molar-refractivity contribution in [3.8, 4) is 0 Å². The van der Waals surface area contributed by atoms with E-state index < -0.39 is 12.0 Å². The molecule has 0 aliphatic heterocycles. The van der Waals surface area contributed by atoms with Gasteiger partial charge in [0.25, 0.3) is 0 Å². The van der Waals surface area contributed by atoms with Crippen LogP contribution >= 0.6 is 11.6 Å². The van der Waals surface area contributed by atoms with Crippen LogP contribution in [0.4, 0.5) is 0 Å². The molecule has 0 saturated heterocycles. The number of nitrogens with one attached hydrogen (secondary N) is 1. The fourth-order valence-electron chi connectivity index (χ4n) is 1.84. The highest BCUT2D eigenvalue weighted by molar-refractivity contribution is 6.30. The van der Waals surface area contributed by atoms with Crippen LogP contribution in [0.2, 0.25) is 5.02 Å². The van der Waals surface area contributed by atoms with Gasteiger partial charge in [-0.3, -0.25) is 4.79 Å². The van der Waals surface area contributed by atoms with E-state index in [0.717, 1.165) is 18.4 Å². The van der Waals surface area contributed by atoms with Crippen LogP contribution < -0.4 is 5.32 Å². The molecule has 1 amide bonds. The summed E-state index contributed by atoms with van der Waals surface area (Å²) in [6, 6.07) is 6.49. The number of hydrogen-bond acceptors (Lipinski definition) is 2. The Balaban J connectivity index is 2.41. The molecule has 5 heteroatoms. The fraction of sp³-hybridized carbons (Fsp3) is 0.467. The third-order valence-electron chi connectivity index (χ3n) is 3.03. The van der Waals surface area contributed by atoms with Gasteiger partial charge in [0, 0.05) is 11.4 Å². The van der Waals surface area contributed by atoms with Crippen molar-refractivity contribution >= 4 is 23.5 Å². The first kappa shape index (κ1) is 16.5. The number of benzene rings is 1. The Morgan fingerprint density at radius 1 is 1.30 bits per heavy atom. The lowest BCUT2D eigenvalue weighted by atomic mass is 10.1. The quantitative estimate of drug-likeness (QED) is 0.775. The number of aryl methyl sites for hydroxylation is 1. The van der Waals surface area contributed by atoms with Crippen molar-refractivity contribution in [3.05, 3.63) is 34.9 Å². The summed E-state index contributed by atoms with van der Waals surface area (Å²) in [5, 5.41) is 12.3. The van der Waals surface area contributed by atoms with E-state index in [1.54, 1.807) is 12.1 Å². The molecule has 0 aliphatic rings. The average Bonchev–Trinajstić information content (AvgIpc) is 2.42. The van der Waals surface area contributed by atoms with E-state index in [-0.39, 0.29) is 12.3 Å². The number of hydrogen-bond donors (Lipinski definition) is 2. The second-order valence-electron chi connectivity index (χ2n) is 4.73. The lowest BCUT2D eigenvalue weighted by Gasteiger charge is -2.14. The summed E-state index contributed by atoms with van der Waals surface area (Å²) in [7, 11) is 0. The maximum atomic E-state index is 11.8. The van der Waals surface area contributed by atoms with Crippen LogP contribution in [0.3, 0.4) is 0 Å². The average molecular weight is 298 g/mol. The predicted octanol–water partition coefficient (Wildman–Crippen LogP) is 3.03. The second-order valence-corrected chi connectivity index (χ2v) is 5.16. The van der Waals surface area contributed by atoms with Crippen LogP contribution in [0.5, 0.6) is 0 Å². The van der Waals surface area contributed by atoms with Gasteiger partial charge in [-0.2, -0.15) is 0 Å². The summed E-state index contributed by atoms with van der Waals surface area (Å²) >= 11 is 5.78. The topological polar surface area (TPSA) is 66.4 Å². The van der Waals surface area contributed by atoms with Gasteiger partial charge in [-0.15, -0.1) is 0 Å². The molecule has 20 heavy (non-hydrogen) atoms. The summed E-state index contributed by atoms with van der Waals surface area (Å²) in [6.07, 6.45) is 3.01. The van der Waals surface area contributed by atoms with Crippen LogP contribution in [-0.4, -0.2) is 23.0 Å². The Morgan fingerprint density at radius 3 is 2.50 bits per heavy atom. The third-order valence-corrected chi connectivity index (χ3v) is 3.29. The van der Waals surface area contributed by atoms with E-state index in [1.165, 1.54) is 0 Å². The number of amides is 1. The van der Waals surface area contributed by atoms with E-state index in [2.05, 4.69) is 5.32 Å². The monoisotopic (exact) mass is 297 g/mol. The van der Waals surface area contributed by atoms with Gasteiger partial charge < -0.3 is 10.4 Å². The first-order valence-electron chi connectivity index (χ1n) is 6.79. The van der Waals surface area contributed by atoms with E-state index >= 15 is 0 Å². The predicted molar refractivity (Wildman–Crippen MR) is 78.9 cm³/mol. The molecule has 1 aromatic carbocycles. The summed E-state index contributed by atoms with van der Waals surface area (Å²) in [4.78, 5) is 22.8. The maximum absolute atomic E-state index is 11.8. The van der Waals surface area contributed by atoms with E-state index in [0.29, 0.717) is 17.9 Å². The minimum absolute atomic E-state index is 0.233. The molecule has 0 unspecified atom stereocenters. The molecule has 0 aliphatic carbocycles. The molecule has 0 saturated carbocycles. The first-order valence-corrected chi connectivity index (χ1v) is 7.17. The van der Waals surface area contributed by atoms with Gasteiger partial charge in [-0.05, 0) is 30.5 Å². The molecule has 0 radical (unpaired) electrons. The fourth-order valence-corrected chi connectivity index (χ4v) is 1.97. The van der Waals surface area contributed by atoms with Crippen molar-refractivity contribution in [1.82, 2.24) is 5.32 Å². The molecule has 4 nitrogen and oxygen atoms in total. The molecule has 1 aromatic rings. The summed E-state index contributed by atoms with van der Waals surface area (Å²) in [6.45, 7) is 1.99. The van der Waals surface area contributed by atoms with E-state index in [1.807, 2.05) is 19.1 Å². The molecule has 0 aromatic heterocycles. The smallest absolute Gasteiger partial charge is 0.326 e. The zero-order valence-electron chi connectivity index (χ0n) is 11.6. The van der Waals surface area contributed by atoms with Crippen molar-refractivity contribution in [2.75, 3.05) is 0 Å². The lowest BCUT2D eigenvalue weighted by molar-refractivity contribution is -0.142. The Labute approximate surface area is 124 Å². The zero-order valence-corrected chi connectivity index (χ0v) is 12.3. The number of carboxylic acids is 1. The van der Waals surface area contributed by atoms with Gasteiger partial charge in [-0.25, -0.2) is 4.79 Å². The van der Waals surface area contributed by atoms with Crippen molar-refractivity contribution in [1.29, 1.82) is 0 Å². The summed E-state index contributed by atoms with van der Waals surface area (Å²) in [5.41, 5.74) is 1.00. The van der Waals surface area contributed by atoms with E-state index in [9.17, 15) is 9.59 Å². The van der Waals surface area contributed by atoms with E-state index in [4.69, 9.17) is 16.7 Å². The molecule has 0 spiro atoms. The maximum Gasteiger partial charge on any atom is 0.326 e. The number of carbonyl (C=O) groups excluding carboxylic acids is 1. The van der Waals surface area contributed by atoms with Crippen LogP contribution in [-0.2, 0) is 16.0 Å². The lowest BCUT2D eigenvalue weighted by Crippen LogP contribution is -2.40. The minimum Gasteiger partial charge on any atom is -0.480 e. The largest absolute Gasteiger partial charge is 0.480 e. The molecular weight excluding hydrogens is 278 g/mol. The highest BCUT2D eigenvalue weighted by Crippen LogP contribution is 2.11. The first-order chi connectivity index (χ1) is 9.52. The van der Waals surface area contributed by atoms with Crippen molar-refractivity contribution < 1.29 is 14.7 Å². The van der Waals surface area contributed by atoms with Crippen LogP contribution in [0.15, 0.2) is 24.3 Å². The molecule has 1 atom stereocenters. The summed E-state index contributed by atoms with van der Waals surface area (Å²) in [5.74, 6) is -1.21. The molecule has 0 bridgehead atoms. The van der Waals surface area contributed by atoms with Crippen LogP contribution in [0.25, 0.3) is 0 Å². The Hall–Kier alpha value is -1.55. The van der Waals surface area contributed by atoms with Gasteiger partial charge in [0.15, 0.2) is 0 Å². The highest BCUT2D eigenvalue weighted by atomic mass is 35.5. The Kier molecular flexibility index (Phi) is 7.09. The molecule has 0 heterocycles. The van der Waals surface area contributed by atoms with Gasteiger partial charge in [0.1, 0.15) is 6.04 Å². The molecule has 110 valence electrons. The SMILES string of the molecule is CCCC[C@H](NC(=O)CCc1ccc(Cl)cc1)C(=O)O. The number of unbranched alkanes of at least 4 members (excludes halogenated alkanes) is 1. The van der Waals surface area contributed by atoms with Gasteiger partial charge in [0.2, 0.25) is 5.91 Å². The van der Waals surface area contributed by atoms with Crippen molar-refractivity contribution in [2.45, 2.75) is 45.1 Å². The van der Waals surface area contributed by atoms with Crippen molar-refractivity contribution in [2.24, 2.45) is 0 Å². The zero-order chi connectivity index (χ0) is 15.0. The normalized spacial score (nSPS) is 11.9. The third kappa shape index (κ3) is 6.06. The highest BCUT2D eigenvalue weighted by Gasteiger charge is 2.18. The summed E-state index contributed by atoms with van der Waals surface area (Å²) < 4.78 is 0. The Morgan fingerprint density at radius 2 is 1.95 bits per heavy atom. The molecule has 1 rings (SSSR count). The second kappa shape index (κ2) is 8.59. The van der Waals surface area contributed by atoms with Crippen LogP contribution in [0.1, 0.15) is 38.2 Å².